The molecule has 0 spiro atoms. The monoisotopic (exact) mass is 453 g/mol. The molecule has 0 unspecified atom stereocenters. The molecule has 1 aromatic carbocycles. The fraction of sp³-hybridized carbons (Fsp3) is 0.478. The van der Waals surface area contributed by atoms with Crippen LogP contribution in [0.3, 0.4) is 0 Å². The minimum atomic E-state index is -4.14. The third-order valence-electron chi connectivity index (χ3n) is 6.05. The Kier molecular flexibility index (Phi) is 6.30. The maximum absolute atomic E-state index is 12.5. The van der Waals surface area contributed by atoms with Crippen molar-refractivity contribution in [1.29, 1.82) is 0 Å². The molecule has 1 saturated heterocycles. The van der Waals surface area contributed by atoms with Crippen LogP contribution in [-0.2, 0) is 21.0 Å². The van der Waals surface area contributed by atoms with Gasteiger partial charge in [-0.15, -0.1) is 0 Å². The fourth-order valence-electron chi connectivity index (χ4n) is 4.31. The normalized spacial score (nSPS) is 21.9. The largest absolute Gasteiger partial charge is 0.497 e. The van der Waals surface area contributed by atoms with Crippen LogP contribution in [0.25, 0.3) is 5.57 Å². The van der Waals surface area contributed by atoms with E-state index in [1.807, 2.05) is 36.4 Å². The Bertz CT molecular complexity index is 1020. The van der Waals surface area contributed by atoms with Gasteiger partial charge in [-0.25, -0.2) is 8.42 Å². The topological polar surface area (TPSA) is 46.6 Å². The van der Waals surface area contributed by atoms with Crippen LogP contribution in [0.4, 0.5) is 13.2 Å². The molecule has 0 saturated carbocycles. The molecule has 0 atom stereocenters. The van der Waals surface area contributed by atoms with Crippen LogP contribution in [0, 0.1) is 5.92 Å². The number of benzene rings is 1. The second-order valence-electron chi connectivity index (χ2n) is 8.40. The molecule has 2 heterocycles. The highest BCUT2D eigenvalue weighted by Crippen LogP contribution is 2.30. The zero-order valence-electron chi connectivity index (χ0n) is 17.2. The lowest BCUT2D eigenvalue weighted by atomic mass is 9.98. The highest BCUT2D eigenvalue weighted by molar-refractivity contribution is 7.91. The Morgan fingerprint density at radius 2 is 1.90 bits per heavy atom. The molecule has 1 aliphatic carbocycles. The van der Waals surface area contributed by atoms with Gasteiger partial charge in [-0.3, -0.25) is 4.90 Å². The Morgan fingerprint density at radius 3 is 2.65 bits per heavy atom. The number of sulfone groups is 1. The first kappa shape index (κ1) is 22.1. The number of hydrogen-bond donors (Lipinski definition) is 0. The standard InChI is InChI=1S/C23H26F3NO3S/c24-23(25,26)16-27-11-8-17(9-12-27)15-30-21-3-1-2-18(4-6-21)19-5-7-22-20(14-19)10-13-31(22,28)29/h1-2,4-7,14,17H,3,8-13,15-16H2. The summed E-state index contributed by atoms with van der Waals surface area (Å²) in [4.78, 5) is 1.90. The predicted molar refractivity (Wildman–Crippen MR) is 113 cm³/mol. The molecule has 1 fully saturated rings. The summed E-state index contributed by atoms with van der Waals surface area (Å²) in [6.45, 7) is 0.577. The zero-order valence-corrected chi connectivity index (χ0v) is 18.0. The number of nitrogens with zero attached hydrogens (tertiary/aromatic N) is 1. The Hall–Kier alpha value is -2.06. The molecular formula is C23H26F3NO3S. The first-order chi connectivity index (χ1) is 14.7. The van der Waals surface area contributed by atoms with Crippen LogP contribution in [0.5, 0.6) is 0 Å². The molecule has 0 N–H and O–H groups in total. The quantitative estimate of drug-likeness (QED) is 0.657. The summed E-state index contributed by atoms with van der Waals surface area (Å²) in [6.07, 6.45) is 6.39. The molecule has 4 rings (SSSR count). The van der Waals surface area contributed by atoms with Crippen molar-refractivity contribution in [3.63, 3.8) is 0 Å². The highest BCUT2D eigenvalue weighted by atomic mass is 32.2. The van der Waals surface area contributed by atoms with Gasteiger partial charge in [-0.05, 0) is 73.2 Å². The molecule has 1 aromatic rings. The summed E-state index contributed by atoms with van der Waals surface area (Å²) in [7, 11) is -3.13. The molecule has 168 valence electrons. The van der Waals surface area contributed by atoms with Crippen LogP contribution < -0.4 is 0 Å². The third kappa shape index (κ3) is 5.60. The number of halogens is 3. The molecule has 31 heavy (non-hydrogen) atoms. The van der Waals surface area contributed by atoms with E-state index in [9.17, 15) is 21.6 Å². The lowest BCUT2D eigenvalue weighted by Gasteiger charge is -2.32. The minimum absolute atomic E-state index is 0.174. The van der Waals surface area contributed by atoms with Crippen molar-refractivity contribution in [1.82, 2.24) is 4.90 Å². The van der Waals surface area contributed by atoms with Gasteiger partial charge in [0.25, 0.3) is 0 Å². The number of rotatable bonds is 5. The van der Waals surface area contributed by atoms with E-state index in [0.29, 0.717) is 50.3 Å². The smallest absolute Gasteiger partial charge is 0.401 e. The second kappa shape index (κ2) is 8.82. The summed E-state index contributed by atoms with van der Waals surface area (Å²) in [5, 5.41) is 0. The number of piperidine rings is 1. The number of ether oxygens (including phenoxy) is 1. The SMILES string of the molecule is O=S1(=O)CCc2cc(C3=CC=C(OCC4CCN(CC(F)(F)F)CC4)CC=C3)ccc21. The summed E-state index contributed by atoms with van der Waals surface area (Å²) >= 11 is 0. The summed E-state index contributed by atoms with van der Waals surface area (Å²) < 4.78 is 67.5. The highest BCUT2D eigenvalue weighted by Gasteiger charge is 2.32. The van der Waals surface area contributed by atoms with Crippen molar-refractivity contribution < 1.29 is 26.3 Å². The number of aryl methyl sites for hydroxylation is 1. The van der Waals surface area contributed by atoms with E-state index >= 15 is 0 Å². The number of hydrogen-bond acceptors (Lipinski definition) is 4. The minimum Gasteiger partial charge on any atom is -0.497 e. The summed E-state index contributed by atoms with van der Waals surface area (Å²) in [6, 6.07) is 5.48. The van der Waals surface area contributed by atoms with E-state index in [1.165, 1.54) is 4.90 Å². The van der Waals surface area contributed by atoms with E-state index < -0.39 is 22.6 Å². The molecule has 0 bridgehead atoms. The van der Waals surface area contributed by atoms with Crippen molar-refractivity contribution in [2.24, 2.45) is 5.92 Å². The van der Waals surface area contributed by atoms with Crippen LogP contribution in [0.15, 0.2) is 53.2 Å². The lowest BCUT2D eigenvalue weighted by molar-refractivity contribution is -0.149. The van der Waals surface area contributed by atoms with Gasteiger partial charge < -0.3 is 4.74 Å². The molecule has 4 nitrogen and oxygen atoms in total. The maximum atomic E-state index is 12.5. The average molecular weight is 454 g/mol. The molecular weight excluding hydrogens is 427 g/mol. The van der Waals surface area contributed by atoms with Crippen molar-refractivity contribution in [2.45, 2.75) is 36.8 Å². The van der Waals surface area contributed by atoms with E-state index in [0.717, 1.165) is 22.5 Å². The molecule has 0 radical (unpaired) electrons. The van der Waals surface area contributed by atoms with Gasteiger partial charge in [-0.2, -0.15) is 13.2 Å². The Balaban J connectivity index is 1.34. The summed E-state index contributed by atoms with van der Waals surface area (Å²) in [5.74, 6) is 1.26. The van der Waals surface area contributed by atoms with Gasteiger partial charge in [0.15, 0.2) is 9.84 Å². The number of fused-ring (bicyclic) bond motifs is 1. The molecule has 8 heteroatoms. The van der Waals surface area contributed by atoms with Crippen molar-refractivity contribution >= 4 is 15.4 Å². The lowest BCUT2D eigenvalue weighted by Crippen LogP contribution is -2.40. The Labute approximate surface area is 181 Å². The van der Waals surface area contributed by atoms with Crippen molar-refractivity contribution in [3.05, 3.63) is 59.4 Å². The molecule has 0 amide bonds. The van der Waals surface area contributed by atoms with Gasteiger partial charge in [0, 0.05) is 6.42 Å². The molecule has 3 aliphatic rings. The summed E-state index contributed by atoms with van der Waals surface area (Å²) in [5.41, 5.74) is 2.83. The van der Waals surface area contributed by atoms with Crippen molar-refractivity contribution in [3.8, 4) is 0 Å². The van der Waals surface area contributed by atoms with Gasteiger partial charge >= 0.3 is 6.18 Å². The van der Waals surface area contributed by atoms with E-state index in [-0.39, 0.29) is 11.7 Å². The fourth-order valence-corrected chi connectivity index (χ4v) is 5.85. The van der Waals surface area contributed by atoms with Gasteiger partial charge in [0.05, 0.1) is 29.6 Å². The Morgan fingerprint density at radius 1 is 1.13 bits per heavy atom. The van der Waals surface area contributed by atoms with Gasteiger partial charge in [-0.1, -0.05) is 24.3 Å². The second-order valence-corrected chi connectivity index (χ2v) is 10.5. The predicted octanol–water partition coefficient (Wildman–Crippen LogP) is 4.53. The molecule has 2 aliphatic heterocycles. The van der Waals surface area contributed by atoms with E-state index in [4.69, 9.17) is 4.74 Å². The van der Waals surface area contributed by atoms with E-state index in [2.05, 4.69) is 0 Å². The van der Waals surface area contributed by atoms with E-state index in [1.54, 1.807) is 6.07 Å². The number of allylic oxidation sites excluding steroid dienone is 5. The van der Waals surface area contributed by atoms with Crippen LogP contribution in [-0.4, -0.2) is 51.5 Å². The number of alkyl halides is 3. The first-order valence-corrected chi connectivity index (χ1v) is 12.2. The third-order valence-corrected chi connectivity index (χ3v) is 7.86. The molecule has 0 aromatic heterocycles. The van der Waals surface area contributed by atoms with Crippen LogP contribution in [0.1, 0.15) is 30.4 Å². The van der Waals surface area contributed by atoms with Crippen LogP contribution in [0.2, 0.25) is 0 Å². The average Bonchev–Trinajstić information content (AvgIpc) is 2.88. The van der Waals surface area contributed by atoms with Crippen molar-refractivity contribution in [2.75, 3.05) is 32.0 Å². The van der Waals surface area contributed by atoms with Gasteiger partial charge in [0.2, 0.25) is 0 Å². The maximum Gasteiger partial charge on any atom is 0.401 e. The number of likely N-dealkylation sites (tertiary alicyclic amines) is 1. The van der Waals surface area contributed by atoms with Crippen LogP contribution >= 0.6 is 0 Å². The first-order valence-electron chi connectivity index (χ1n) is 10.5. The van der Waals surface area contributed by atoms with Gasteiger partial charge in [0.1, 0.15) is 0 Å². The zero-order chi connectivity index (χ0) is 22.1.